The number of ether oxygens (including phenoxy) is 1. The number of hydrogen-bond donors (Lipinski definition) is 0. The molecule has 24 heavy (non-hydrogen) atoms. The molecular formula is C22H26OTi. The van der Waals surface area contributed by atoms with E-state index in [1.165, 1.54) is 54.9 Å². The zero-order valence-electron chi connectivity index (χ0n) is 15.0. The Morgan fingerprint density at radius 3 is 1.54 bits per heavy atom. The summed E-state index contributed by atoms with van der Waals surface area (Å²) < 4.78 is 20.2. The fourth-order valence-electron chi connectivity index (χ4n) is 25.5. The Morgan fingerprint density at radius 1 is 0.792 bits per heavy atom. The molecule has 1 aromatic carbocycles. The normalized spacial score (nSPS) is 88.2. The van der Waals surface area contributed by atoms with E-state index < -0.39 is 8.89 Å². The minimum atomic E-state index is -3.53. The molecule has 124 valence electrons. The van der Waals surface area contributed by atoms with Crippen LogP contribution in [0.2, 0.25) is 38.0 Å². The van der Waals surface area contributed by atoms with E-state index in [9.17, 15) is 0 Å². The van der Waals surface area contributed by atoms with Crippen LogP contribution in [0.1, 0.15) is 50.7 Å². The molecule has 10 fully saturated rings. The van der Waals surface area contributed by atoms with E-state index in [0.717, 1.165) is 0 Å². The van der Waals surface area contributed by atoms with Crippen molar-refractivity contribution in [2.75, 3.05) is 0 Å². The van der Waals surface area contributed by atoms with Gasteiger partial charge in [0.15, 0.2) is 0 Å². The molecular weight excluding hydrogens is 328 g/mol. The Morgan fingerprint density at radius 2 is 1.25 bits per heavy atom. The molecule has 0 saturated carbocycles. The van der Waals surface area contributed by atoms with Crippen molar-refractivity contribution in [3.63, 3.8) is 0 Å². The molecule has 11 rings (SSSR count). The van der Waals surface area contributed by atoms with E-state index in [-0.39, 0.29) is 0 Å². The second-order valence-corrected chi connectivity index (χ2v) is 50.2. The summed E-state index contributed by atoms with van der Waals surface area (Å²) in [6.45, 7) is 9.42. The minimum absolute atomic E-state index is 0.574. The first-order chi connectivity index (χ1) is 11.3. The van der Waals surface area contributed by atoms with Crippen LogP contribution in [0.5, 0.6) is 5.75 Å². The van der Waals surface area contributed by atoms with Crippen LogP contribution in [0.3, 0.4) is 0 Å². The van der Waals surface area contributed by atoms with Gasteiger partial charge in [-0.1, -0.05) is 0 Å². The molecule has 0 aliphatic carbocycles. The van der Waals surface area contributed by atoms with Gasteiger partial charge in [0, 0.05) is 0 Å². The first kappa shape index (κ1) is 10.8. The van der Waals surface area contributed by atoms with Crippen molar-refractivity contribution in [1.82, 2.24) is 0 Å². The molecule has 0 N–H and O–H groups in total. The van der Waals surface area contributed by atoms with Crippen molar-refractivity contribution in [2.45, 2.75) is 81.4 Å². The van der Waals surface area contributed by atoms with E-state index in [1.807, 2.05) is 0 Å². The molecule has 10 aliphatic heterocycles. The molecule has 1 nitrogen and oxygen atoms in total. The maximum absolute atomic E-state index is 7.48. The average molecular weight is 354 g/mol. The van der Waals surface area contributed by atoms with Crippen LogP contribution in [0, 0.1) is 0 Å². The van der Waals surface area contributed by atoms with Gasteiger partial charge in [-0.3, -0.25) is 0 Å². The molecule has 1 spiro atoms. The Hall–Kier alpha value is -0.266. The summed E-state index contributed by atoms with van der Waals surface area (Å²) in [5.74, 6) is 2.53. The van der Waals surface area contributed by atoms with Crippen molar-refractivity contribution in [3.8, 4) is 5.75 Å². The first-order valence-corrected chi connectivity index (χ1v) is 20.0. The third-order valence-electron chi connectivity index (χ3n) is 22.7. The standard InChI is InChI=1S/C17H21O.C5H5.Ti/c1-12(2)15-10-7-11-16(13(3)4)17(15)18-14-8-5-6-9-14;1-2-4-5-3-1;/h5-13H,1-4H3;1-5H;. The van der Waals surface area contributed by atoms with Crippen molar-refractivity contribution in [1.29, 1.82) is 0 Å². The van der Waals surface area contributed by atoms with E-state index >= 15 is 0 Å². The van der Waals surface area contributed by atoms with Crippen LogP contribution in [0.4, 0.5) is 0 Å². The van der Waals surface area contributed by atoms with Gasteiger partial charge in [0.05, 0.1) is 0 Å². The summed E-state index contributed by atoms with van der Waals surface area (Å²) in [5.41, 5.74) is 3.00. The Balaban J connectivity index is 1.24. The number of fused-ring (bicyclic) bond motifs is 10. The fraction of sp³-hybridized carbons (Fsp3) is 0.727. The van der Waals surface area contributed by atoms with E-state index in [1.54, 1.807) is 0 Å². The Labute approximate surface area is 130 Å². The number of para-hydroxylation sites is 1. The maximum atomic E-state index is 7.48. The number of hydrogen-bond acceptors (Lipinski definition) is 1. The van der Waals surface area contributed by atoms with Gasteiger partial charge >= 0.3 is 130 Å². The van der Waals surface area contributed by atoms with Gasteiger partial charge in [-0.05, 0) is 0 Å². The predicted molar refractivity (Wildman–Crippen MR) is 91.7 cm³/mol. The fourth-order valence-corrected chi connectivity index (χ4v) is 145. The second kappa shape index (κ2) is 1.15. The summed E-state index contributed by atoms with van der Waals surface area (Å²) in [4.78, 5) is 0. The summed E-state index contributed by atoms with van der Waals surface area (Å²) in [6, 6.07) is 7.00. The van der Waals surface area contributed by atoms with Gasteiger partial charge in [-0.25, -0.2) is 0 Å². The zero-order valence-corrected chi connectivity index (χ0v) is 16.6. The van der Waals surface area contributed by atoms with Crippen LogP contribution in [0.25, 0.3) is 0 Å². The van der Waals surface area contributed by atoms with Crippen molar-refractivity contribution < 1.29 is 13.6 Å². The molecule has 0 radical (unpaired) electrons. The monoisotopic (exact) mass is 354 g/mol. The van der Waals surface area contributed by atoms with Gasteiger partial charge < -0.3 is 0 Å². The Kier molecular flexibility index (Phi) is 0.515. The molecule has 10 saturated heterocycles. The van der Waals surface area contributed by atoms with Gasteiger partial charge in [0.2, 0.25) is 0 Å². The van der Waals surface area contributed by atoms with Gasteiger partial charge in [0.1, 0.15) is 0 Å². The predicted octanol–water partition coefficient (Wildman–Crippen LogP) is 6.61. The van der Waals surface area contributed by atoms with Crippen LogP contribution in [-0.4, -0.2) is 3.91 Å². The van der Waals surface area contributed by atoms with E-state index in [4.69, 9.17) is 4.74 Å². The molecule has 0 amide bonds. The third-order valence-corrected chi connectivity index (χ3v) is 81.8. The number of benzene rings is 1. The molecule has 1 aromatic rings. The van der Waals surface area contributed by atoms with Gasteiger partial charge in [0.25, 0.3) is 0 Å². The van der Waals surface area contributed by atoms with Crippen LogP contribution in [0.15, 0.2) is 18.2 Å². The first-order valence-electron chi connectivity index (χ1n) is 11.1. The van der Waals surface area contributed by atoms with Crippen molar-refractivity contribution in [3.05, 3.63) is 29.3 Å². The summed E-state index contributed by atoms with van der Waals surface area (Å²) in [7, 11) is -3.53. The van der Waals surface area contributed by atoms with Crippen LogP contribution >= 0.6 is 0 Å². The van der Waals surface area contributed by atoms with Crippen molar-refractivity contribution in [2.24, 2.45) is 0 Å². The molecule has 0 bridgehead atoms. The Bertz CT molecular complexity index is 1220. The molecule has 10 heterocycles. The second-order valence-electron chi connectivity index (χ2n) is 16.9. The molecule has 4 atom stereocenters. The van der Waals surface area contributed by atoms with E-state index in [2.05, 4.69) is 45.9 Å². The molecule has 2 heteroatoms. The quantitative estimate of drug-likeness (QED) is 0.553. The number of rotatable bonds is 4. The van der Waals surface area contributed by atoms with Crippen LogP contribution < -0.4 is 4.74 Å². The average Bonchev–Trinajstić information content (AvgIpc) is 3.48. The summed E-state index contributed by atoms with van der Waals surface area (Å²) >= 11 is 0. The third kappa shape index (κ3) is 0.163. The zero-order chi connectivity index (χ0) is 15.7. The summed E-state index contributed by atoms with van der Waals surface area (Å²) in [5, 5.41) is 0. The molecule has 4 unspecified atom stereocenters. The SMILES string of the molecule is CC(C)c1cccc(C(C)C)c1O[C]12[CH]3[CH]4[CH]5[CH]1[Ti]45321678[CH]2[CH]1[CH]6[CH]7[CH]28. The van der Waals surface area contributed by atoms with Gasteiger partial charge in [-0.2, -0.15) is 0 Å². The van der Waals surface area contributed by atoms with E-state index in [0.29, 0.717) is 15.7 Å². The molecule has 0 aromatic heterocycles. The molecule has 10 aliphatic rings. The van der Waals surface area contributed by atoms with Crippen molar-refractivity contribution >= 4 is 0 Å². The van der Waals surface area contributed by atoms with Crippen LogP contribution in [-0.2, 0) is 8.89 Å². The topological polar surface area (TPSA) is 9.23 Å². The van der Waals surface area contributed by atoms with Gasteiger partial charge in [-0.15, -0.1) is 0 Å². The summed E-state index contributed by atoms with van der Waals surface area (Å²) in [6.07, 6.45) is 0.